The summed E-state index contributed by atoms with van der Waals surface area (Å²) in [5.41, 5.74) is 1.45. The molecule has 0 atom stereocenters. The number of pyridine rings is 1. The van der Waals surface area contributed by atoms with E-state index in [1.807, 2.05) is 33.0 Å². The van der Waals surface area contributed by atoms with E-state index < -0.39 is 5.60 Å². The van der Waals surface area contributed by atoms with Gasteiger partial charge in [-0.2, -0.15) is 0 Å². The monoisotopic (exact) mass is 290 g/mol. The van der Waals surface area contributed by atoms with Crippen molar-refractivity contribution in [1.29, 1.82) is 0 Å². The van der Waals surface area contributed by atoms with Crippen molar-refractivity contribution in [2.24, 2.45) is 0 Å². The number of nitrogens with zero attached hydrogens (tertiary/aromatic N) is 2. The fourth-order valence-electron chi connectivity index (χ4n) is 3.01. The van der Waals surface area contributed by atoms with Gasteiger partial charge in [-0.25, -0.2) is 4.79 Å². The molecule has 3 heterocycles. The zero-order chi connectivity index (χ0) is 15.1. The Morgan fingerprint density at radius 2 is 2.10 bits per heavy atom. The maximum absolute atomic E-state index is 12.1. The fourth-order valence-corrected chi connectivity index (χ4v) is 3.01. The van der Waals surface area contributed by atoms with Crippen LogP contribution < -0.4 is 0 Å². The molecule has 5 heteroatoms. The molecule has 0 saturated carbocycles. The summed E-state index contributed by atoms with van der Waals surface area (Å²) in [4.78, 5) is 18.4. The highest BCUT2D eigenvalue weighted by atomic mass is 16.6. The molecule has 0 radical (unpaired) electrons. The lowest BCUT2D eigenvalue weighted by molar-refractivity contribution is -0.0816. The number of fused-ring (bicyclic) bond motifs is 2. The van der Waals surface area contributed by atoms with Gasteiger partial charge in [0.25, 0.3) is 0 Å². The number of likely N-dealkylation sites (tertiary alicyclic amines) is 1. The molecule has 21 heavy (non-hydrogen) atoms. The molecular formula is C16H22N2O3. The van der Waals surface area contributed by atoms with Crippen LogP contribution in [-0.2, 0) is 21.7 Å². The summed E-state index contributed by atoms with van der Waals surface area (Å²) < 4.78 is 11.5. The minimum atomic E-state index is -0.454. The quantitative estimate of drug-likeness (QED) is 0.737. The number of piperidine rings is 1. The lowest BCUT2D eigenvalue weighted by Crippen LogP contribution is -2.47. The average molecular weight is 290 g/mol. The first-order chi connectivity index (χ1) is 9.90. The van der Waals surface area contributed by atoms with Gasteiger partial charge in [-0.3, -0.25) is 4.98 Å². The fraction of sp³-hybridized carbons (Fsp3) is 0.625. The van der Waals surface area contributed by atoms with E-state index in [2.05, 4.69) is 11.1 Å². The number of carbonyl (C=O) groups excluding carboxylic acids is 1. The number of carbonyl (C=O) groups is 1. The number of ether oxygens (including phenoxy) is 2. The van der Waals surface area contributed by atoms with Crippen LogP contribution in [0.5, 0.6) is 0 Å². The number of hydrogen-bond acceptors (Lipinski definition) is 4. The van der Waals surface area contributed by atoms with Crippen LogP contribution in [0.15, 0.2) is 18.3 Å². The van der Waals surface area contributed by atoms with Crippen LogP contribution in [0, 0.1) is 0 Å². The molecule has 1 fully saturated rings. The summed E-state index contributed by atoms with van der Waals surface area (Å²) in [6.45, 7) is 7.56. The zero-order valence-corrected chi connectivity index (χ0v) is 12.9. The first-order valence-corrected chi connectivity index (χ1v) is 7.46. The van der Waals surface area contributed by atoms with E-state index in [-0.39, 0.29) is 11.7 Å². The number of amides is 1. The topological polar surface area (TPSA) is 51.7 Å². The molecule has 0 N–H and O–H groups in total. The lowest BCUT2D eigenvalue weighted by Gasteiger charge is -2.38. The van der Waals surface area contributed by atoms with E-state index in [1.165, 1.54) is 5.56 Å². The van der Waals surface area contributed by atoms with Gasteiger partial charge < -0.3 is 14.4 Å². The van der Waals surface area contributed by atoms with Gasteiger partial charge in [-0.05, 0) is 39.7 Å². The van der Waals surface area contributed by atoms with E-state index in [1.54, 1.807) is 4.90 Å². The molecule has 1 amide bonds. The largest absolute Gasteiger partial charge is 0.444 e. The maximum Gasteiger partial charge on any atom is 0.410 e. The highest BCUT2D eigenvalue weighted by Crippen LogP contribution is 2.42. The van der Waals surface area contributed by atoms with Gasteiger partial charge in [0, 0.05) is 24.8 Å². The third-order valence-corrected chi connectivity index (χ3v) is 4.05. The van der Waals surface area contributed by atoms with Crippen LogP contribution in [0.1, 0.15) is 44.9 Å². The summed E-state index contributed by atoms with van der Waals surface area (Å²) in [6.07, 6.45) is 3.12. The SMILES string of the molecule is CC(C)(C)OC(=O)N1CCC2(CC1)OCc1cccnc12. The third kappa shape index (κ3) is 2.75. The van der Waals surface area contributed by atoms with Crippen molar-refractivity contribution >= 4 is 6.09 Å². The summed E-state index contributed by atoms with van der Waals surface area (Å²) >= 11 is 0. The number of hydrogen-bond donors (Lipinski definition) is 0. The van der Waals surface area contributed by atoms with Crippen molar-refractivity contribution in [1.82, 2.24) is 9.88 Å². The van der Waals surface area contributed by atoms with Crippen molar-refractivity contribution in [2.45, 2.75) is 51.4 Å². The second-order valence-electron chi connectivity index (χ2n) is 6.76. The molecule has 3 rings (SSSR count). The molecule has 0 bridgehead atoms. The van der Waals surface area contributed by atoms with Crippen molar-refractivity contribution in [3.8, 4) is 0 Å². The molecule has 0 aliphatic carbocycles. The van der Waals surface area contributed by atoms with Crippen molar-refractivity contribution in [3.63, 3.8) is 0 Å². The van der Waals surface area contributed by atoms with Crippen molar-refractivity contribution in [2.75, 3.05) is 13.1 Å². The van der Waals surface area contributed by atoms with Crippen LogP contribution >= 0.6 is 0 Å². The Balaban J connectivity index is 1.68. The molecule has 1 saturated heterocycles. The summed E-state index contributed by atoms with van der Waals surface area (Å²) in [5, 5.41) is 0. The first kappa shape index (κ1) is 14.3. The minimum absolute atomic E-state index is 0.239. The van der Waals surface area contributed by atoms with Gasteiger partial charge in [-0.1, -0.05) is 6.07 Å². The number of rotatable bonds is 0. The number of aromatic nitrogens is 1. The molecule has 5 nitrogen and oxygen atoms in total. The van der Waals surface area contributed by atoms with Crippen LogP contribution in [0.4, 0.5) is 4.79 Å². The van der Waals surface area contributed by atoms with Crippen molar-refractivity contribution < 1.29 is 14.3 Å². The second kappa shape index (κ2) is 4.98. The lowest BCUT2D eigenvalue weighted by atomic mass is 9.87. The zero-order valence-electron chi connectivity index (χ0n) is 12.9. The standard InChI is InChI=1S/C16H22N2O3/c1-15(2,3)21-14(19)18-9-6-16(7-10-18)13-12(11-20-16)5-4-8-17-13/h4-5,8H,6-7,9-11H2,1-3H3. The Bertz CT molecular complexity index is 543. The summed E-state index contributed by atoms with van der Waals surface area (Å²) in [7, 11) is 0. The smallest absolute Gasteiger partial charge is 0.410 e. The van der Waals surface area contributed by atoms with Crippen molar-refractivity contribution in [3.05, 3.63) is 29.6 Å². The Hall–Kier alpha value is -1.62. The molecule has 0 unspecified atom stereocenters. The normalized spacial score (nSPS) is 20.4. The molecule has 114 valence electrons. The van der Waals surface area contributed by atoms with Gasteiger partial charge in [0.15, 0.2) is 0 Å². The molecule has 0 aromatic carbocycles. The van der Waals surface area contributed by atoms with Crippen LogP contribution in [-0.4, -0.2) is 34.7 Å². The van der Waals surface area contributed by atoms with E-state index in [0.717, 1.165) is 18.5 Å². The third-order valence-electron chi connectivity index (χ3n) is 4.05. The Morgan fingerprint density at radius 3 is 2.76 bits per heavy atom. The Labute approximate surface area is 125 Å². The molecule has 2 aliphatic rings. The minimum Gasteiger partial charge on any atom is -0.444 e. The predicted molar refractivity (Wildman–Crippen MR) is 77.7 cm³/mol. The van der Waals surface area contributed by atoms with Gasteiger partial charge in [0.1, 0.15) is 11.2 Å². The van der Waals surface area contributed by atoms with E-state index in [4.69, 9.17) is 9.47 Å². The molecule has 1 aromatic rings. The van der Waals surface area contributed by atoms with Gasteiger partial charge in [-0.15, -0.1) is 0 Å². The van der Waals surface area contributed by atoms with E-state index in [0.29, 0.717) is 19.7 Å². The molecule has 1 aromatic heterocycles. The Morgan fingerprint density at radius 1 is 1.38 bits per heavy atom. The van der Waals surface area contributed by atoms with Gasteiger partial charge in [0.2, 0.25) is 0 Å². The second-order valence-corrected chi connectivity index (χ2v) is 6.76. The van der Waals surface area contributed by atoms with E-state index >= 15 is 0 Å². The first-order valence-electron chi connectivity index (χ1n) is 7.46. The van der Waals surface area contributed by atoms with Crippen LogP contribution in [0.25, 0.3) is 0 Å². The van der Waals surface area contributed by atoms with Gasteiger partial charge >= 0.3 is 6.09 Å². The summed E-state index contributed by atoms with van der Waals surface area (Å²) in [6, 6.07) is 4.01. The predicted octanol–water partition coefficient (Wildman–Crippen LogP) is 2.84. The molecule has 1 spiro atoms. The highest BCUT2D eigenvalue weighted by Gasteiger charge is 2.45. The summed E-state index contributed by atoms with van der Waals surface area (Å²) in [5.74, 6) is 0. The maximum atomic E-state index is 12.1. The van der Waals surface area contributed by atoms with Crippen LogP contribution in [0.3, 0.4) is 0 Å². The van der Waals surface area contributed by atoms with Gasteiger partial charge in [0.05, 0.1) is 12.3 Å². The average Bonchev–Trinajstić information content (AvgIpc) is 2.77. The van der Waals surface area contributed by atoms with Crippen LogP contribution in [0.2, 0.25) is 0 Å². The molecular weight excluding hydrogens is 268 g/mol. The Kier molecular flexibility index (Phi) is 3.40. The molecule has 2 aliphatic heterocycles. The highest BCUT2D eigenvalue weighted by molar-refractivity contribution is 5.68. The van der Waals surface area contributed by atoms with E-state index in [9.17, 15) is 4.79 Å².